The number of hydrogen-bond acceptors (Lipinski definition) is 3. The normalized spacial score (nSPS) is 10.7. The molecule has 0 aliphatic heterocycles. The second-order valence-corrected chi connectivity index (χ2v) is 13.4. The molecular formula is C36H27AsO3. The molecule has 194 valence electrons. The Kier molecular flexibility index (Phi) is 7.94. The monoisotopic (exact) mass is 582 g/mol. The van der Waals surface area contributed by atoms with E-state index in [1.807, 2.05) is 127 Å². The van der Waals surface area contributed by atoms with Gasteiger partial charge in [-0.25, -0.2) is 0 Å². The van der Waals surface area contributed by atoms with Crippen LogP contribution in [0.2, 0.25) is 0 Å². The van der Waals surface area contributed by atoms with Crippen LogP contribution in [0.4, 0.5) is 0 Å². The van der Waals surface area contributed by atoms with E-state index in [9.17, 15) is 0 Å². The summed E-state index contributed by atoms with van der Waals surface area (Å²) < 4.78 is 23.0. The topological polar surface area (TPSA) is 27.7 Å². The molecule has 0 bridgehead atoms. The van der Waals surface area contributed by atoms with Crippen molar-refractivity contribution in [2.45, 2.75) is 0 Å². The second kappa shape index (κ2) is 12.4. The zero-order chi connectivity index (χ0) is 27.0. The van der Waals surface area contributed by atoms with E-state index in [0.29, 0.717) is 0 Å². The van der Waals surface area contributed by atoms with Crippen LogP contribution in [0.1, 0.15) is 0 Å². The van der Waals surface area contributed by atoms with Crippen molar-refractivity contribution in [2.24, 2.45) is 0 Å². The molecule has 0 unspecified atom stereocenters. The Morgan fingerprint density at radius 3 is 0.825 bits per heavy atom. The first kappa shape index (κ1) is 25.6. The SMILES string of the molecule is c1ccc(Oc2ccccc2[As](c2ccccc2Oc2ccccc2)c2ccccc2Oc2ccccc2)cc1. The van der Waals surface area contributed by atoms with Gasteiger partial charge in [0.05, 0.1) is 0 Å². The summed E-state index contributed by atoms with van der Waals surface area (Å²) in [4.78, 5) is 0. The van der Waals surface area contributed by atoms with E-state index in [-0.39, 0.29) is 0 Å². The first-order chi connectivity index (χ1) is 19.8. The van der Waals surface area contributed by atoms with Gasteiger partial charge in [0.2, 0.25) is 0 Å². The fourth-order valence-corrected chi connectivity index (χ4v) is 9.68. The number of rotatable bonds is 9. The Morgan fingerprint density at radius 1 is 0.275 bits per heavy atom. The molecule has 0 amide bonds. The predicted molar refractivity (Wildman–Crippen MR) is 164 cm³/mol. The summed E-state index contributed by atoms with van der Waals surface area (Å²) in [6, 6.07) is 54.7. The molecule has 0 atom stereocenters. The average Bonchev–Trinajstić information content (AvgIpc) is 3.01. The van der Waals surface area contributed by atoms with Crippen LogP contribution in [0.25, 0.3) is 0 Å². The molecule has 0 N–H and O–H groups in total. The van der Waals surface area contributed by atoms with E-state index in [1.54, 1.807) is 0 Å². The summed E-state index contributed by atoms with van der Waals surface area (Å²) in [5, 5.41) is 0. The van der Waals surface area contributed by atoms with Crippen LogP contribution < -0.4 is 27.3 Å². The molecule has 0 aliphatic carbocycles. The van der Waals surface area contributed by atoms with Gasteiger partial charge >= 0.3 is 240 Å². The third-order valence-electron chi connectivity index (χ3n) is 6.23. The number of hydrogen-bond donors (Lipinski definition) is 0. The molecule has 0 saturated heterocycles. The van der Waals surface area contributed by atoms with Gasteiger partial charge in [-0.3, -0.25) is 0 Å². The quantitative estimate of drug-likeness (QED) is 0.165. The Hall–Kier alpha value is -4.72. The molecule has 0 aliphatic rings. The van der Waals surface area contributed by atoms with Crippen molar-refractivity contribution in [3.05, 3.63) is 164 Å². The third kappa shape index (κ3) is 5.96. The van der Waals surface area contributed by atoms with Crippen LogP contribution in [0.15, 0.2) is 164 Å². The number of ether oxygens (including phenoxy) is 3. The summed E-state index contributed by atoms with van der Waals surface area (Å²) in [5.41, 5.74) is 0. The molecule has 0 spiro atoms. The van der Waals surface area contributed by atoms with Gasteiger partial charge in [-0.05, 0) is 0 Å². The fourth-order valence-electron chi connectivity index (χ4n) is 4.42. The summed E-state index contributed by atoms with van der Waals surface area (Å²) in [7, 11) is 0. The van der Waals surface area contributed by atoms with Crippen LogP contribution in [0.5, 0.6) is 34.5 Å². The third-order valence-corrected chi connectivity index (χ3v) is 11.6. The summed E-state index contributed by atoms with van der Waals surface area (Å²) in [5.74, 6) is 4.89. The molecule has 0 aromatic heterocycles. The molecule has 6 rings (SSSR count). The van der Waals surface area contributed by atoms with Crippen molar-refractivity contribution in [2.75, 3.05) is 0 Å². The van der Waals surface area contributed by atoms with Gasteiger partial charge in [0.25, 0.3) is 0 Å². The molecule has 4 heteroatoms. The molecule has 40 heavy (non-hydrogen) atoms. The van der Waals surface area contributed by atoms with Crippen LogP contribution in [0.3, 0.4) is 0 Å². The Balaban J connectivity index is 1.52. The summed E-state index contributed by atoms with van der Waals surface area (Å²) in [6.07, 6.45) is 0. The molecule has 0 saturated carbocycles. The second-order valence-electron chi connectivity index (χ2n) is 8.98. The standard InChI is InChI=1S/C36H27AsO3/c1-4-16-28(17-5-1)38-34-25-13-10-22-31(34)37(32-23-11-14-26-35(32)39-29-18-6-2-7-19-29)33-24-12-15-27-36(33)40-30-20-8-3-9-21-30/h1-27H. The van der Waals surface area contributed by atoms with Crippen molar-refractivity contribution < 1.29 is 14.2 Å². The van der Waals surface area contributed by atoms with E-state index >= 15 is 0 Å². The number of para-hydroxylation sites is 6. The van der Waals surface area contributed by atoms with Gasteiger partial charge < -0.3 is 0 Å². The van der Waals surface area contributed by atoms with Crippen LogP contribution >= 0.6 is 0 Å². The Bertz CT molecular complexity index is 1470. The van der Waals surface area contributed by atoms with Crippen molar-refractivity contribution >= 4 is 27.7 Å². The van der Waals surface area contributed by atoms with Crippen LogP contribution in [-0.2, 0) is 0 Å². The summed E-state index contributed by atoms with van der Waals surface area (Å²) in [6.45, 7) is 0. The molecule has 0 heterocycles. The maximum absolute atomic E-state index is 6.50. The van der Waals surface area contributed by atoms with E-state index in [1.165, 1.54) is 0 Å². The van der Waals surface area contributed by atoms with Gasteiger partial charge in [0.1, 0.15) is 0 Å². The minimum atomic E-state index is -2.32. The molecule has 0 fully saturated rings. The van der Waals surface area contributed by atoms with E-state index < -0.39 is 14.7 Å². The molecule has 6 aromatic carbocycles. The summed E-state index contributed by atoms with van der Waals surface area (Å²) >= 11 is -2.32. The Labute approximate surface area is 239 Å². The van der Waals surface area contributed by atoms with Crippen molar-refractivity contribution in [3.8, 4) is 34.5 Å². The predicted octanol–water partition coefficient (Wildman–Crippen LogP) is 7.58. The first-order valence-electron chi connectivity index (χ1n) is 13.1. The van der Waals surface area contributed by atoms with Crippen molar-refractivity contribution in [3.63, 3.8) is 0 Å². The van der Waals surface area contributed by atoms with Gasteiger partial charge in [0.15, 0.2) is 0 Å². The fraction of sp³-hybridized carbons (Fsp3) is 0. The van der Waals surface area contributed by atoms with Gasteiger partial charge in [-0.15, -0.1) is 0 Å². The molecule has 3 nitrogen and oxygen atoms in total. The van der Waals surface area contributed by atoms with Gasteiger partial charge in [-0.1, -0.05) is 0 Å². The molecule has 0 radical (unpaired) electrons. The van der Waals surface area contributed by atoms with Crippen molar-refractivity contribution in [1.82, 2.24) is 0 Å². The Morgan fingerprint density at radius 2 is 0.525 bits per heavy atom. The first-order valence-corrected chi connectivity index (χ1v) is 15.9. The average molecular weight is 583 g/mol. The van der Waals surface area contributed by atoms with Crippen LogP contribution in [-0.4, -0.2) is 14.7 Å². The zero-order valence-electron chi connectivity index (χ0n) is 21.8. The molecule has 6 aromatic rings. The minimum absolute atomic E-state index is 0.798. The van der Waals surface area contributed by atoms with Gasteiger partial charge in [0, 0.05) is 0 Å². The van der Waals surface area contributed by atoms with Crippen molar-refractivity contribution in [1.29, 1.82) is 0 Å². The van der Waals surface area contributed by atoms with Gasteiger partial charge in [-0.2, -0.15) is 0 Å². The molecular weight excluding hydrogens is 555 g/mol. The zero-order valence-corrected chi connectivity index (χ0v) is 23.6. The van der Waals surface area contributed by atoms with E-state index in [2.05, 4.69) is 36.4 Å². The van der Waals surface area contributed by atoms with E-state index in [0.717, 1.165) is 47.6 Å². The van der Waals surface area contributed by atoms with E-state index in [4.69, 9.17) is 14.2 Å². The number of benzene rings is 6. The maximum atomic E-state index is 6.50. The van der Waals surface area contributed by atoms with Crippen LogP contribution in [0, 0.1) is 0 Å².